The Kier molecular flexibility index (Phi) is 6.69. The van der Waals surface area contributed by atoms with E-state index in [-0.39, 0.29) is 6.61 Å². The third-order valence-electron chi connectivity index (χ3n) is 3.33. The summed E-state index contributed by atoms with van der Waals surface area (Å²) in [6.45, 7) is 6.91. The lowest BCUT2D eigenvalue weighted by molar-refractivity contribution is 0.133. The molecule has 1 saturated carbocycles. The number of hydrogen-bond acceptors (Lipinski definition) is 3. The van der Waals surface area contributed by atoms with Crippen molar-refractivity contribution in [3.63, 3.8) is 0 Å². The zero-order valence-electron chi connectivity index (χ0n) is 10.5. The van der Waals surface area contributed by atoms with Crippen molar-refractivity contribution >= 4 is 0 Å². The molecular weight excluding hydrogens is 200 g/mol. The molecule has 0 heterocycles. The lowest BCUT2D eigenvalue weighted by Crippen LogP contribution is -2.40. The Hall–Kier alpha value is -0.380. The van der Waals surface area contributed by atoms with E-state index in [9.17, 15) is 0 Å². The monoisotopic (exact) mass is 226 g/mol. The number of nitrogens with zero attached hydrogens (tertiary/aromatic N) is 1. The van der Waals surface area contributed by atoms with Crippen LogP contribution in [0.25, 0.3) is 0 Å². The van der Waals surface area contributed by atoms with Crippen molar-refractivity contribution in [2.24, 2.45) is 0 Å². The standard InChI is InChI=1S/C13H26N2O/c1-12(10-14-2)11-15(8-9-16)13-6-4-3-5-7-13/h13-14,16H,1,3-11H2,2H3. The second-order valence-electron chi connectivity index (χ2n) is 4.77. The molecule has 16 heavy (non-hydrogen) atoms. The molecule has 1 aliphatic rings. The van der Waals surface area contributed by atoms with Crippen LogP contribution in [0.15, 0.2) is 12.2 Å². The van der Waals surface area contributed by atoms with Gasteiger partial charge in [0.2, 0.25) is 0 Å². The van der Waals surface area contributed by atoms with Gasteiger partial charge < -0.3 is 10.4 Å². The first-order chi connectivity index (χ1) is 7.77. The molecule has 0 aromatic rings. The van der Waals surface area contributed by atoms with E-state index in [0.29, 0.717) is 6.04 Å². The summed E-state index contributed by atoms with van der Waals surface area (Å²) < 4.78 is 0. The molecule has 0 saturated heterocycles. The molecule has 0 spiro atoms. The van der Waals surface area contributed by atoms with Gasteiger partial charge in [-0.05, 0) is 25.5 Å². The molecule has 0 bridgehead atoms. The van der Waals surface area contributed by atoms with Crippen molar-refractivity contribution in [2.75, 3.05) is 33.3 Å². The summed E-state index contributed by atoms with van der Waals surface area (Å²) in [4.78, 5) is 2.40. The van der Waals surface area contributed by atoms with Gasteiger partial charge in [-0.15, -0.1) is 0 Å². The summed E-state index contributed by atoms with van der Waals surface area (Å²) >= 11 is 0. The molecule has 1 aliphatic carbocycles. The van der Waals surface area contributed by atoms with Gasteiger partial charge in [0, 0.05) is 25.7 Å². The zero-order chi connectivity index (χ0) is 11.8. The topological polar surface area (TPSA) is 35.5 Å². The van der Waals surface area contributed by atoms with Crippen molar-refractivity contribution in [1.82, 2.24) is 10.2 Å². The maximum atomic E-state index is 9.12. The van der Waals surface area contributed by atoms with Gasteiger partial charge in [-0.2, -0.15) is 0 Å². The fraction of sp³-hybridized carbons (Fsp3) is 0.846. The van der Waals surface area contributed by atoms with Crippen molar-refractivity contribution in [3.05, 3.63) is 12.2 Å². The molecule has 0 aliphatic heterocycles. The second kappa shape index (κ2) is 7.82. The predicted octanol–water partition coefficient (Wildman–Crippen LogP) is 1.39. The summed E-state index contributed by atoms with van der Waals surface area (Å²) in [6, 6.07) is 0.662. The van der Waals surface area contributed by atoms with E-state index >= 15 is 0 Å². The van der Waals surface area contributed by atoms with Crippen molar-refractivity contribution in [3.8, 4) is 0 Å². The third-order valence-corrected chi connectivity index (χ3v) is 3.33. The lowest BCUT2D eigenvalue weighted by atomic mass is 9.94. The first kappa shape index (κ1) is 13.7. The molecule has 3 nitrogen and oxygen atoms in total. The Morgan fingerprint density at radius 2 is 2.06 bits per heavy atom. The minimum atomic E-state index is 0.253. The van der Waals surface area contributed by atoms with E-state index < -0.39 is 0 Å². The number of nitrogens with one attached hydrogen (secondary N) is 1. The van der Waals surface area contributed by atoms with E-state index in [1.54, 1.807) is 0 Å². The van der Waals surface area contributed by atoms with Gasteiger partial charge >= 0.3 is 0 Å². The smallest absolute Gasteiger partial charge is 0.0558 e. The molecule has 0 radical (unpaired) electrons. The first-order valence-electron chi connectivity index (χ1n) is 6.44. The first-order valence-corrected chi connectivity index (χ1v) is 6.44. The van der Waals surface area contributed by atoms with E-state index in [0.717, 1.165) is 19.6 Å². The average Bonchev–Trinajstić information content (AvgIpc) is 2.30. The normalized spacial score (nSPS) is 17.9. The Balaban J connectivity index is 2.41. The van der Waals surface area contributed by atoms with Crippen LogP contribution in [0.5, 0.6) is 0 Å². The molecule has 0 aromatic heterocycles. The highest BCUT2D eigenvalue weighted by Crippen LogP contribution is 2.22. The minimum absolute atomic E-state index is 0.253. The Labute approximate surface area is 99.5 Å². The maximum absolute atomic E-state index is 9.12. The van der Waals surface area contributed by atoms with Crippen LogP contribution in [0, 0.1) is 0 Å². The van der Waals surface area contributed by atoms with E-state index in [4.69, 9.17) is 5.11 Å². The highest BCUT2D eigenvalue weighted by molar-refractivity contribution is 5.00. The van der Waals surface area contributed by atoms with Crippen LogP contribution in [-0.4, -0.2) is 49.3 Å². The highest BCUT2D eigenvalue weighted by Gasteiger charge is 2.20. The van der Waals surface area contributed by atoms with E-state index in [1.807, 2.05) is 7.05 Å². The van der Waals surface area contributed by atoms with Crippen LogP contribution in [0.3, 0.4) is 0 Å². The van der Waals surface area contributed by atoms with Gasteiger partial charge in [0.15, 0.2) is 0 Å². The Morgan fingerprint density at radius 1 is 1.38 bits per heavy atom. The average molecular weight is 226 g/mol. The Bertz CT molecular complexity index is 200. The number of hydrogen-bond donors (Lipinski definition) is 2. The fourth-order valence-corrected chi connectivity index (χ4v) is 2.56. The molecule has 0 unspecified atom stereocenters. The van der Waals surface area contributed by atoms with Gasteiger partial charge in [-0.1, -0.05) is 25.8 Å². The minimum Gasteiger partial charge on any atom is -0.395 e. The third kappa shape index (κ3) is 4.64. The summed E-state index contributed by atoms with van der Waals surface area (Å²) in [6.07, 6.45) is 6.62. The van der Waals surface area contributed by atoms with Gasteiger partial charge in [0.05, 0.1) is 6.61 Å². The van der Waals surface area contributed by atoms with Crippen LogP contribution in [0.1, 0.15) is 32.1 Å². The van der Waals surface area contributed by atoms with Crippen LogP contribution in [-0.2, 0) is 0 Å². The molecular formula is C13H26N2O. The van der Waals surface area contributed by atoms with Gasteiger partial charge in [-0.25, -0.2) is 0 Å². The highest BCUT2D eigenvalue weighted by atomic mass is 16.3. The largest absolute Gasteiger partial charge is 0.395 e. The van der Waals surface area contributed by atoms with Crippen molar-refractivity contribution in [2.45, 2.75) is 38.1 Å². The van der Waals surface area contributed by atoms with Crippen molar-refractivity contribution < 1.29 is 5.11 Å². The van der Waals surface area contributed by atoms with Crippen LogP contribution in [0.2, 0.25) is 0 Å². The summed E-state index contributed by atoms with van der Waals surface area (Å²) in [5, 5.41) is 12.3. The van der Waals surface area contributed by atoms with Gasteiger partial charge in [-0.3, -0.25) is 4.90 Å². The van der Waals surface area contributed by atoms with Crippen LogP contribution in [0.4, 0.5) is 0 Å². The molecule has 2 N–H and O–H groups in total. The quantitative estimate of drug-likeness (QED) is 0.644. The van der Waals surface area contributed by atoms with E-state index in [2.05, 4.69) is 16.8 Å². The maximum Gasteiger partial charge on any atom is 0.0558 e. The lowest BCUT2D eigenvalue weighted by Gasteiger charge is -2.34. The molecule has 1 fully saturated rings. The SMILES string of the molecule is C=C(CNC)CN(CCO)C1CCCCC1. The molecule has 3 heteroatoms. The number of aliphatic hydroxyl groups excluding tert-OH is 1. The van der Waals surface area contributed by atoms with Crippen LogP contribution >= 0.6 is 0 Å². The summed E-state index contributed by atoms with van der Waals surface area (Å²) in [5.74, 6) is 0. The zero-order valence-corrected chi connectivity index (χ0v) is 10.5. The predicted molar refractivity (Wildman–Crippen MR) is 68.6 cm³/mol. The van der Waals surface area contributed by atoms with Crippen LogP contribution < -0.4 is 5.32 Å². The van der Waals surface area contributed by atoms with Gasteiger partial charge in [0.1, 0.15) is 0 Å². The van der Waals surface area contributed by atoms with Crippen molar-refractivity contribution in [1.29, 1.82) is 0 Å². The summed E-state index contributed by atoms with van der Waals surface area (Å²) in [7, 11) is 1.95. The Morgan fingerprint density at radius 3 is 2.62 bits per heavy atom. The summed E-state index contributed by atoms with van der Waals surface area (Å²) in [5.41, 5.74) is 1.21. The van der Waals surface area contributed by atoms with E-state index in [1.165, 1.54) is 37.7 Å². The number of rotatable bonds is 7. The fourth-order valence-electron chi connectivity index (χ4n) is 2.56. The van der Waals surface area contributed by atoms with Gasteiger partial charge in [0.25, 0.3) is 0 Å². The molecule has 0 atom stereocenters. The second-order valence-corrected chi connectivity index (χ2v) is 4.77. The molecule has 0 aromatic carbocycles. The molecule has 94 valence electrons. The number of likely N-dealkylation sites (N-methyl/N-ethyl adjacent to an activating group) is 1. The number of aliphatic hydroxyl groups is 1. The molecule has 0 amide bonds. The molecule has 1 rings (SSSR count).